The van der Waals surface area contributed by atoms with E-state index in [4.69, 9.17) is 10.9 Å². The Labute approximate surface area is 137 Å². The van der Waals surface area contributed by atoms with Crippen molar-refractivity contribution in [3.05, 3.63) is 35.4 Å². The predicted octanol–water partition coefficient (Wildman–Crippen LogP) is 1.57. The lowest BCUT2D eigenvalue weighted by molar-refractivity contribution is -0.123. The fourth-order valence-corrected chi connectivity index (χ4v) is 2.47. The van der Waals surface area contributed by atoms with E-state index in [9.17, 15) is 9.59 Å². The first-order valence-electron chi connectivity index (χ1n) is 7.99. The molecule has 6 heteroatoms. The van der Waals surface area contributed by atoms with Crippen LogP contribution in [0.5, 0.6) is 0 Å². The third kappa shape index (κ3) is 6.80. The van der Waals surface area contributed by atoms with E-state index < -0.39 is 5.91 Å². The summed E-state index contributed by atoms with van der Waals surface area (Å²) in [6.45, 7) is 4.12. The van der Waals surface area contributed by atoms with Crippen LogP contribution < -0.4 is 11.2 Å². The topological polar surface area (TPSA) is 95.7 Å². The van der Waals surface area contributed by atoms with Gasteiger partial charge in [0.25, 0.3) is 5.91 Å². The molecule has 0 saturated carbocycles. The Morgan fingerprint density at radius 3 is 2.26 bits per heavy atom. The van der Waals surface area contributed by atoms with Crippen molar-refractivity contribution in [2.75, 3.05) is 20.1 Å². The second-order valence-corrected chi connectivity index (χ2v) is 5.87. The van der Waals surface area contributed by atoms with E-state index in [1.165, 1.54) is 5.56 Å². The number of hydrogen-bond donors (Lipinski definition) is 3. The number of hydroxylamine groups is 1. The van der Waals surface area contributed by atoms with Crippen molar-refractivity contribution in [1.29, 1.82) is 0 Å². The minimum atomic E-state index is -0.469. The van der Waals surface area contributed by atoms with Crippen LogP contribution in [0.4, 0.5) is 0 Å². The van der Waals surface area contributed by atoms with Crippen LogP contribution in [0.3, 0.4) is 0 Å². The van der Waals surface area contributed by atoms with Gasteiger partial charge >= 0.3 is 0 Å². The summed E-state index contributed by atoms with van der Waals surface area (Å²) in [5.74, 6) is -0.465. The molecule has 0 unspecified atom stereocenters. The van der Waals surface area contributed by atoms with Gasteiger partial charge in [-0.3, -0.25) is 14.8 Å². The molecule has 1 aliphatic heterocycles. The fraction of sp³-hybridized carbons (Fsp3) is 0.529. The van der Waals surface area contributed by atoms with Crippen molar-refractivity contribution >= 4 is 11.8 Å². The van der Waals surface area contributed by atoms with E-state index in [1.807, 2.05) is 12.1 Å². The molecule has 23 heavy (non-hydrogen) atoms. The molecule has 0 atom stereocenters. The predicted molar refractivity (Wildman–Crippen MR) is 89.1 cm³/mol. The zero-order valence-electron chi connectivity index (χ0n) is 13.9. The van der Waals surface area contributed by atoms with Gasteiger partial charge in [-0.2, -0.15) is 0 Å². The van der Waals surface area contributed by atoms with Crippen LogP contribution in [0.15, 0.2) is 24.3 Å². The summed E-state index contributed by atoms with van der Waals surface area (Å²) in [5, 5.41) is 8.36. The van der Waals surface area contributed by atoms with Crippen molar-refractivity contribution < 1.29 is 14.8 Å². The van der Waals surface area contributed by atoms with E-state index in [1.54, 1.807) is 17.6 Å². The molecule has 1 aromatic carbocycles. The van der Waals surface area contributed by atoms with Crippen molar-refractivity contribution in [3.8, 4) is 0 Å². The summed E-state index contributed by atoms with van der Waals surface area (Å²) in [4.78, 5) is 23.8. The van der Waals surface area contributed by atoms with Gasteiger partial charge in [0.2, 0.25) is 5.91 Å². The Kier molecular flexibility index (Phi) is 8.29. The first-order valence-corrected chi connectivity index (χ1v) is 7.99. The van der Waals surface area contributed by atoms with E-state index >= 15 is 0 Å². The summed E-state index contributed by atoms with van der Waals surface area (Å²) in [7, 11) is 2.07. The molecule has 0 radical (unpaired) electrons. The molecule has 1 heterocycles. The van der Waals surface area contributed by atoms with E-state index in [0.29, 0.717) is 5.56 Å². The van der Waals surface area contributed by atoms with Gasteiger partial charge in [0, 0.05) is 11.5 Å². The number of nitrogens with one attached hydrogen (secondary N) is 1. The second-order valence-electron chi connectivity index (χ2n) is 5.87. The zero-order chi connectivity index (χ0) is 17.2. The number of carbonyl (C=O) groups is 2. The molecular formula is C17H27N3O3. The standard InChI is InChI=1S/C10H13NO2.C7H14N2O/c1-2-3-8-4-6-9(7-5-8)10(12)11-13;1-9-4-2-6(3-5-9)7(8)10/h4-7,13H,2-3H2,1H3,(H,11,12);6H,2-5H2,1H3,(H2,8,10). The molecule has 0 aromatic heterocycles. The Morgan fingerprint density at radius 2 is 1.83 bits per heavy atom. The monoisotopic (exact) mass is 321 g/mol. The molecule has 1 aliphatic rings. The third-order valence-electron chi connectivity index (χ3n) is 3.98. The summed E-state index contributed by atoms with van der Waals surface area (Å²) in [5.41, 5.74) is 8.43. The maximum Gasteiger partial charge on any atom is 0.274 e. The first kappa shape index (κ1) is 19.1. The minimum absolute atomic E-state index is 0.131. The molecular weight excluding hydrogens is 294 g/mol. The van der Waals surface area contributed by atoms with Gasteiger partial charge in [-0.05, 0) is 57.1 Å². The Morgan fingerprint density at radius 1 is 1.26 bits per heavy atom. The highest BCUT2D eigenvalue weighted by Crippen LogP contribution is 2.14. The molecule has 4 N–H and O–H groups in total. The number of benzene rings is 1. The van der Waals surface area contributed by atoms with Crippen LogP contribution in [0.25, 0.3) is 0 Å². The van der Waals surface area contributed by atoms with Gasteiger partial charge in [-0.15, -0.1) is 0 Å². The Balaban J connectivity index is 0.000000238. The molecule has 1 fully saturated rings. The van der Waals surface area contributed by atoms with Gasteiger partial charge in [-0.1, -0.05) is 25.5 Å². The molecule has 1 saturated heterocycles. The molecule has 128 valence electrons. The largest absolute Gasteiger partial charge is 0.369 e. The average molecular weight is 321 g/mol. The smallest absolute Gasteiger partial charge is 0.274 e. The molecule has 6 nitrogen and oxygen atoms in total. The summed E-state index contributed by atoms with van der Waals surface area (Å²) < 4.78 is 0. The van der Waals surface area contributed by atoms with Crippen molar-refractivity contribution in [2.45, 2.75) is 32.6 Å². The number of aryl methyl sites for hydroxylation is 1. The zero-order valence-corrected chi connectivity index (χ0v) is 13.9. The van der Waals surface area contributed by atoms with Crippen molar-refractivity contribution in [1.82, 2.24) is 10.4 Å². The maximum atomic E-state index is 10.9. The van der Waals surface area contributed by atoms with Gasteiger partial charge in [-0.25, -0.2) is 5.48 Å². The Bertz CT molecular complexity index is 494. The molecule has 2 amide bonds. The summed E-state index contributed by atoms with van der Waals surface area (Å²) in [6, 6.07) is 7.20. The summed E-state index contributed by atoms with van der Waals surface area (Å²) >= 11 is 0. The van der Waals surface area contributed by atoms with Crippen LogP contribution in [0.1, 0.15) is 42.1 Å². The van der Waals surface area contributed by atoms with Gasteiger partial charge < -0.3 is 10.6 Å². The van der Waals surface area contributed by atoms with Gasteiger partial charge in [0.1, 0.15) is 0 Å². The quantitative estimate of drug-likeness (QED) is 0.579. The van der Waals surface area contributed by atoms with E-state index in [2.05, 4.69) is 18.9 Å². The van der Waals surface area contributed by atoms with Crippen molar-refractivity contribution in [3.63, 3.8) is 0 Å². The average Bonchev–Trinajstić information content (AvgIpc) is 2.56. The number of rotatable bonds is 4. The Hall–Kier alpha value is -1.92. The molecule has 0 aliphatic carbocycles. The van der Waals surface area contributed by atoms with E-state index in [0.717, 1.165) is 38.8 Å². The van der Waals surface area contributed by atoms with Crippen LogP contribution >= 0.6 is 0 Å². The third-order valence-corrected chi connectivity index (χ3v) is 3.98. The number of amides is 2. The highest BCUT2D eigenvalue weighted by atomic mass is 16.5. The van der Waals surface area contributed by atoms with Crippen LogP contribution in [-0.4, -0.2) is 42.1 Å². The number of likely N-dealkylation sites (tertiary alicyclic amines) is 1. The van der Waals surface area contributed by atoms with Crippen molar-refractivity contribution in [2.24, 2.45) is 11.7 Å². The molecule has 1 aromatic rings. The maximum absolute atomic E-state index is 10.9. The normalized spacial score (nSPS) is 15.4. The minimum Gasteiger partial charge on any atom is -0.369 e. The second kappa shape index (κ2) is 9.97. The number of hydrogen-bond acceptors (Lipinski definition) is 4. The van der Waals surface area contributed by atoms with Crippen LogP contribution in [-0.2, 0) is 11.2 Å². The lowest BCUT2D eigenvalue weighted by Crippen LogP contribution is -2.36. The number of nitrogens with two attached hydrogens (primary N) is 1. The van der Waals surface area contributed by atoms with E-state index in [-0.39, 0.29) is 11.8 Å². The fourth-order valence-electron chi connectivity index (χ4n) is 2.47. The first-order chi connectivity index (χ1) is 11.0. The highest BCUT2D eigenvalue weighted by Gasteiger charge is 2.20. The van der Waals surface area contributed by atoms with Gasteiger partial charge in [0.05, 0.1) is 0 Å². The van der Waals surface area contributed by atoms with Gasteiger partial charge in [0.15, 0.2) is 0 Å². The SMILES string of the molecule is CCCc1ccc(C(=O)NO)cc1.CN1CCC(C(N)=O)CC1. The molecule has 2 rings (SSSR count). The molecule has 0 bridgehead atoms. The lowest BCUT2D eigenvalue weighted by Gasteiger charge is -2.26. The van der Waals surface area contributed by atoms with Crippen LogP contribution in [0.2, 0.25) is 0 Å². The number of carbonyl (C=O) groups excluding carboxylic acids is 2. The number of piperidine rings is 1. The lowest BCUT2D eigenvalue weighted by atomic mass is 9.97. The summed E-state index contributed by atoms with van der Waals surface area (Å²) in [6.07, 6.45) is 3.98. The molecule has 0 spiro atoms. The highest BCUT2D eigenvalue weighted by molar-refractivity contribution is 5.93. The van der Waals surface area contributed by atoms with Crippen LogP contribution in [0, 0.1) is 5.92 Å². The number of primary amides is 1. The number of nitrogens with zero attached hydrogens (tertiary/aromatic N) is 1.